The van der Waals surface area contributed by atoms with Gasteiger partial charge in [0.1, 0.15) is 0 Å². The average molecular weight is 262 g/mol. The molecule has 1 aromatic heterocycles. The van der Waals surface area contributed by atoms with Gasteiger partial charge in [-0.15, -0.1) is 0 Å². The van der Waals surface area contributed by atoms with Gasteiger partial charge in [0.05, 0.1) is 10.4 Å². The Kier molecular flexibility index (Phi) is 2.21. The van der Waals surface area contributed by atoms with Crippen LogP contribution in [0.4, 0.5) is 5.69 Å². The summed E-state index contributed by atoms with van der Waals surface area (Å²) in [6.07, 6.45) is 2.11. The maximum absolute atomic E-state index is 11.5. The Hall–Kier alpha value is -2.64. The molecule has 0 atom stereocenters. The summed E-state index contributed by atoms with van der Waals surface area (Å²) in [6, 6.07) is 1.66. The molecule has 0 saturated carbocycles. The molecule has 0 bridgehead atoms. The zero-order chi connectivity index (χ0) is 13.7. The molecule has 0 amide bonds. The minimum Gasteiger partial charge on any atom is -0.335 e. The molecule has 1 aliphatic rings. The van der Waals surface area contributed by atoms with Crippen LogP contribution in [0.5, 0.6) is 0 Å². The Balaban J connectivity index is 2.61. The highest BCUT2D eigenvalue weighted by molar-refractivity contribution is 5.87. The minimum atomic E-state index is -1.01. The van der Waals surface area contributed by atoms with Crippen LogP contribution in [0, 0.1) is 10.1 Å². The molecule has 1 aromatic carbocycles. The lowest BCUT2D eigenvalue weighted by Crippen LogP contribution is -2.40. The number of nitrogens with one attached hydrogen (secondary N) is 1. The highest BCUT2D eigenvalue weighted by atomic mass is 16.6. The summed E-state index contributed by atoms with van der Waals surface area (Å²) < 4.78 is 0.560. The molecule has 3 rings (SSSR count). The minimum absolute atomic E-state index is 0.0322. The van der Waals surface area contributed by atoms with Gasteiger partial charge in [0.25, 0.3) is 5.69 Å². The number of H-pyrrole nitrogens is 1. The van der Waals surface area contributed by atoms with Gasteiger partial charge in [-0.25, -0.2) is 4.68 Å². The van der Waals surface area contributed by atoms with E-state index in [0.29, 0.717) is 16.7 Å². The number of nitrogens with two attached hydrogens (primary N) is 1. The second-order valence-electron chi connectivity index (χ2n) is 4.50. The molecule has 2 aromatic rings. The number of hydrogen-bond acceptors (Lipinski definition) is 5. The third kappa shape index (κ3) is 1.46. The normalized spacial score (nSPS) is 13.7. The number of nitro benzene ring substituents is 1. The predicted molar refractivity (Wildman–Crippen MR) is 67.7 cm³/mol. The Morgan fingerprint density at radius 3 is 2.79 bits per heavy atom. The van der Waals surface area contributed by atoms with Crippen molar-refractivity contribution in [1.82, 2.24) is 9.66 Å². The molecule has 0 radical (unpaired) electrons. The number of rotatable bonds is 1. The molecule has 8 nitrogen and oxygen atoms in total. The van der Waals surface area contributed by atoms with Crippen LogP contribution < -0.4 is 17.0 Å². The van der Waals surface area contributed by atoms with Gasteiger partial charge in [0.15, 0.2) is 5.52 Å². The first kappa shape index (κ1) is 11.5. The lowest BCUT2D eigenvalue weighted by molar-refractivity contribution is -0.384. The van der Waals surface area contributed by atoms with Gasteiger partial charge in [0, 0.05) is 5.56 Å². The number of aromatic nitrogens is 2. The summed E-state index contributed by atoms with van der Waals surface area (Å²) in [5, 5.41) is 11.3. The first-order valence-electron chi connectivity index (χ1n) is 5.74. The van der Waals surface area contributed by atoms with Crippen molar-refractivity contribution in [3.8, 4) is 0 Å². The third-order valence-corrected chi connectivity index (χ3v) is 3.43. The van der Waals surface area contributed by atoms with Crippen molar-refractivity contribution in [1.29, 1.82) is 0 Å². The summed E-state index contributed by atoms with van der Waals surface area (Å²) in [7, 11) is 0. The Labute approximate surface area is 105 Å². The van der Waals surface area contributed by atoms with Crippen molar-refractivity contribution in [3.05, 3.63) is 48.0 Å². The van der Waals surface area contributed by atoms with Gasteiger partial charge in [-0.1, -0.05) is 0 Å². The number of fused-ring (bicyclic) bond motifs is 2. The number of aromatic amines is 1. The topological polar surface area (TPSA) is 124 Å². The molecule has 19 heavy (non-hydrogen) atoms. The zero-order valence-electron chi connectivity index (χ0n) is 9.80. The number of hydrogen-bond donors (Lipinski definition) is 2. The summed E-state index contributed by atoms with van der Waals surface area (Å²) >= 11 is 0. The Bertz CT molecular complexity index is 833. The fourth-order valence-corrected chi connectivity index (χ4v) is 2.63. The molecule has 0 spiro atoms. The summed E-state index contributed by atoms with van der Waals surface area (Å²) in [6.45, 7) is 0. The smallest absolute Gasteiger partial charge is 0.335 e. The molecule has 1 heterocycles. The number of nitrogens with zero attached hydrogens (tertiary/aromatic N) is 2. The van der Waals surface area contributed by atoms with Crippen LogP contribution >= 0.6 is 0 Å². The SMILES string of the molecule is Nn1c(=O)c(=O)[nH]c2cc3c(c([N+](=O)[O-])c21)CCC3. The standard InChI is InChI=1S/C11H10N4O4/c12-14-9-7(13-10(16)11(14)17)4-5-2-1-3-6(5)8(9)15(18)19/h4H,1-3,12H2,(H,13,16). The van der Waals surface area contributed by atoms with Crippen LogP contribution in [0.1, 0.15) is 17.5 Å². The molecule has 3 N–H and O–H groups in total. The summed E-state index contributed by atoms with van der Waals surface area (Å²) in [5.74, 6) is 5.53. The monoisotopic (exact) mass is 262 g/mol. The van der Waals surface area contributed by atoms with E-state index < -0.39 is 16.0 Å². The van der Waals surface area contributed by atoms with E-state index in [1.165, 1.54) is 0 Å². The largest absolute Gasteiger partial charge is 0.335 e. The molecular formula is C11H10N4O4. The Morgan fingerprint density at radius 2 is 2.11 bits per heavy atom. The molecular weight excluding hydrogens is 252 g/mol. The molecule has 1 aliphatic carbocycles. The molecule has 0 unspecified atom stereocenters. The first-order chi connectivity index (χ1) is 9.00. The van der Waals surface area contributed by atoms with E-state index >= 15 is 0 Å². The van der Waals surface area contributed by atoms with Crippen molar-refractivity contribution in [3.63, 3.8) is 0 Å². The van der Waals surface area contributed by atoms with Crippen LogP contribution in [-0.4, -0.2) is 14.6 Å². The van der Waals surface area contributed by atoms with Gasteiger partial charge >= 0.3 is 11.1 Å². The van der Waals surface area contributed by atoms with Crippen LogP contribution in [-0.2, 0) is 12.8 Å². The van der Waals surface area contributed by atoms with Crippen molar-refractivity contribution < 1.29 is 4.92 Å². The predicted octanol–water partition coefficient (Wildman–Crippen LogP) is -0.200. The highest BCUT2D eigenvalue weighted by Crippen LogP contribution is 2.35. The molecule has 98 valence electrons. The fraction of sp³-hybridized carbons (Fsp3) is 0.273. The quantitative estimate of drug-likeness (QED) is 0.319. The molecule has 0 aliphatic heterocycles. The van der Waals surface area contributed by atoms with E-state index in [1.54, 1.807) is 6.07 Å². The second kappa shape index (κ2) is 3.67. The van der Waals surface area contributed by atoms with E-state index in [4.69, 9.17) is 5.84 Å². The van der Waals surface area contributed by atoms with E-state index in [9.17, 15) is 19.7 Å². The summed E-state index contributed by atoms with van der Waals surface area (Å²) in [4.78, 5) is 36.0. The van der Waals surface area contributed by atoms with Crippen molar-refractivity contribution in [2.24, 2.45) is 0 Å². The Morgan fingerprint density at radius 1 is 1.37 bits per heavy atom. The van der Waals surface area contributed by atoms with Gasteiger partial charge in [-0.05, 0) is 30.9 Å². The lowest BCUT2D eigenvalue weighted by atomic mass is 10.1. The molecule has 8 heteroatoms. The average Bonchev–Trinajstić information content (AvgIpc) is 2.81. The maximum atomic E-state index is 11.5. The number of benzene rings is 1. The molecule has 0 saturated heterocycles. The van der Waals surface area contributed by atoms with Crippen LogP contribution in [0.25, 0.3) is 11.0 Å². The number of aryl methyl sites for hydroxylation is 1. The van der Waals surface area contributed by atoms with Crippen LogP contribution in [0.2, 0.25) is 0 Å². The van der Waals surface area contributed by atoms with Crippen molar-refractivity contribution >= 4 is 16.7 Å². The van der Waals surface area contributed by atoms with Crippen molar-refractivity contribution in [2.45, 2.75) is 19.3 Å². The van der Waals surface area contributed by atoms with Crippen LogP contribution in [0.3, 0.4) is 0 Å². The number of nitro groups is 1. The van der Waals surface area contributed by atoms with Gasteiger partial charge in [-0.3, -0.25) is 19.7 Å². The first-order valence-corrected chi connectivity index (χ1v) is 5.74. The summed E-state index contributed by atoms with van der Waals surface area (Å²) in [5.41, 5.74) is -0.456. The number of nitrogen functional groups attached to an aromatic ring is 1. The van der Waals surface area contributed by atoms with Crippen LogP contribution in [0.15, 0.2) is 15.7 Å². The van der Waals surface area contributed by atoms with E-state index in [-0.39, 0.29) is 16.7 Å². The zero-order valence-corrected chi connectivity index (χ0v) is 9.80. The van der Waals surface area contributed by atoms with E-state index in [2.05, 4.69) is 4.98 Å². The van der Waals surface area contributed by atoms with Gasteiger partial charge in [-0.2, -0.15) is 0 Å². The fourth-order valence-electron chi connectivity index (χ4n) is 2.63. The van der Waals surface area contributed by atoms with Crippen molar-refractivity contribution in [2.75, 3.05) is 5.84 Å². The van der Waals surface area contributed by atoms with E-state index in [1.807, 2.05) is 0 Å². The van der Waals surface area contributed by atoms with Gasteiger partial charge < -0.3 is 10.8 Å². The van der Waals surface area contributed by atoms with Gasteiger partial charge in [0.2, 0.25) is 0 Å². The highest BCUT2D eigenvalue weighted by Gasteiger charge is 2.28. The maximum Gasteiger partial charge on any atom is 0.335 e. The second-order valence-corrected chi connectivity index (χ2v) is 4.50. The van der Waals surface area contributed by atoms with E-state index in [0.717, 1.165) is 18.4 Å². The third-order valence-electron chi connectivity index (χ3n) is 3.43. The lowest BCUT2D eigenvalue weighted by Gasteiger charge is -2.08. The molecule has 0 fully saturated rings.